The lowest BCUT2D eigenvalue weighted by Gasteiger charge is -2.09. The van der Waals surface area contributed by atoms with Gasteiger partial charge in [-0.3, -0.25) is 4.72 Å². The minimum Gasteiger partial charge on any atom is -0.489 e. The van der Waals surface area contributed by atoms with Crippen LogP contribution in [0.15, 0.2) is 28.8 Å². The maximum Gasteiger partial charge on any atom is 0.415 e. The van der Waals surface area contributed by atoms with Gasteiger partial charge in [-0.2, -0.15) is 5.26 Å². The molecule has 31 heavy (non-hydrogen) atoms. The summed E-state index contributed by atoms with van der Waals surface area (Å²) in [5, 5.41) is 17.2. The third-order valence-electron chi connectivity index (χ3n) is 3.47. The molecule has 3 aromatic rings. The van der Waals surface area contributed by atoms with Gasteiger partial charge in [0.1, 0.15) is 19.3 Å². The van der Waals surface area contributed by atoms with E-state index in [1.165, 1.54) is 24.4 Å². The van der Waals surface area contributed by atoms with Crippen molar-refractivity contribution in [3.63, 3.8) is 0 Å². The lowest BCUT2D eigenvalue weighted by molar-refractivity contribution is 0.219. The molecule has 0 fully saturated rings. The molecule has 3 rings (SSSR count). The Morgan fingerprint density at radius 3 is 2.81 bits per heavy atom. The summed E-state index contributed by atoms with van der Waals surface area (Å²) in [7, 11) is -3.51. The lowest BCUT2D eigenvalue weighted by atomic mass is 10.1. The molecule has 162 valence electrons. The van der Waals surface area contributed by atoms with Crippen molar-refractivity contribution in [3.05, 3.63) is 40.7 Å². The molecule has 2 aromatic heterocycles. The van der Waals surface area contributed by atoms with Crippen LogP contribution in [0.3, 0.4) is 0 Å². The maximum absolute atomic E-state index is 11.3. The van der Waals surface area contributed by atoms with Gasteiger partial charge in [0, 0.05) is 11.8 Å². The number of hydrogen-bond donors (Lipinski definition) is 1. The van der Waals surface area contributed by atoms with Crippen LogP contribution in [-0.2, 0) is 16.6 Å². The number of benzene rings is 1. The van der Waals surface area contributed by atoms with E-state index in [2.05, 4.69) is 24.9 Å². The quantitative estimate of drug-likeness (QED) is 0.448. The number of halogens is 2. The molecule has 0 saturated carbocycles. The number of nitrogens with one attached hydrogen (secondary N) is 1. The Kier molecular flexibility index (Phi) is 7.11. The van der Waals surface area contributed by atoms with Gasteiger partial charge in [-0.25, -0.2) is 18.4 Å². The molecule has 0 radical (unpaired) electrons. The normalized spacial score (nSPS) is 11.0. The Bertz CT molecular complexity index is 1230. The molecule has 0 aliphatic rings. The van der Waals surface area contributed by atoms with E-state index in [4.69, 9.17) is 37.1 Å². The molecule has 0 unspecified atom stereocenters. The zero-order valence-corrected chi connectivity index (χ0v) is 18.2. The number of nitriles is 1. The van der Waals surface area contributed by atoms with Crippen LogP contribution in [-0.4, -0.2) is 47.3 Å². The Morgan fingerprint density at radius 1 is 1.29 bits per heavy atom. The number of alkyl halides is 1. The van der Waals surface area contributed by atoms with Crippen LogP contribution in [0.25, 0.3) is 11.5 Å². The van der Waals surface area contributed by atoms with Crippen LogP contribution in [0.4, 0.5) is 5.95 Å². The fourth-order valence-corrected chi connectivity index (χ4v) is 3.08. The van der Waals surface area contributed by atoms with Crippen LogP contribution < -0.4 is 14.2 Å². The van der Waals surface area contributed by atoms with Crippen molar-refractivity contribution < 1.29 is 22.3 Å². The first-order valence-electron chi connectivity index (χ1n) is 8.48. The first-order chi connectivity index (χ1) is 14.8. The third kappa shape index (κ3) is 6.17. The second-order valence-electron chi connectivity index (χ2n) is 5.89. The summed E-state index contributed by atoms with van der Waals surface area (Å²) in [6.45, 7) is 0.107. The van der Waals surface area contributed by atoms with E-state index < -0.39 is 10.0 Å². The zero-order chi connectivity index (χ0) is 22.4. The fourth-order valence-electron chi connectivity index (χ4n) is 2.30. The largest absolute Gasteiger partial charge is 0.489 e. The Hall–Kier alpha value is -3.14. The topological polar surface area (TPSA) is 153 Å². The van der Waals surface area contributed by atoms with E-state index in [-0.39, 0.29) is 53.3 Å². The minimum atomic E-state index is -3.51. The molecule has 0 atom stereocenters. The van der Waals surface area contributed by atoms with Gasteiger partial charge in [0.05, 0.1) is 28.4 Å². The summed E-state index contributed by atoms with van der Waals surface area (Å²) < 4.78 is 41.0. The van der Waals surface area contributed by atoms with Crippen molar-refractivity contribution in [2.75, 3.05) is 23.5 Å². The summed E-state index contributed by atoms with van der Waals surface area (Å²) in [4.78, 5) is 7.82. The second-order valence-corrected chi connectivity index (χ2v) is 8.43. The van der Waals surface area contributed by atoms with Crippen molar-refractivity contribution in [1.29, 1.82) is 5.26 Å². The molecular formula is C17H14Cl2N6O5S. The molecule has 11 nitrogen and oxygen atoms in total. The SMILES string of the molecule is CS(=O)(=O)Nc1nccc(COc2nnc(-c3cc(Cl)c(OCCCl)c(C#N)c3)o2)n1. The van der Waals surface area contributed by atoms with Crippen LogP contribution in [0, 0.1) is 11.3 Å². The molecule has 0 bridgehead atoms. The number of aromatic nitrogens is 4. The molecule has 0 aliphatic carbocycles. The van der Waals surface area contributed by atoms with Crippen molar-refractivity contribution >= 4 is 39.2 Å². The third-order valence-corrected chi connectivity index (χ3v) is 4.46. The molecular weight excluding hydrogens is 471 g/mol. The Labute approximate surface area is 187 Å². The van der Waals surface area contributed by atoms with E-state index in [0.29, 0.717) is 11.3 Å². The van der Waals surface area contributed by atoms with Gasteiger partial charge < -0.3 is 13.9 Å². The summed E-state index contributed by atoms with van der Waals surface area (Å²) in [5.74, 6) is 0.432. The molecule has 1 aromatic carbocycles. The average Bonchev–Trinajstić information content (AvgIpc) is 3.19. The average molecular weight is 485 g/mol. The molecule has 0 amide bonds. The molecule has 1 N–H and O–H groups in total. The first-order valence-corrected chi connectivity index (χ1v) is 11.3. The number of sulfonamides is 1. The van der Waals surface area contributed by atoms with Gasteiger partial charge in [-0.05, 0) is 18.2 Å². The van der Waals surface area contributed by atoms with Crippen LogP contribution in [0.5, 0.6) is 11.8 Å². The summed E-state index contributed by atoms with van der Waals surface area (Å²) in [6.07, 6.45) is 2.20. The van der Waals surface area contributed by atoms with Crippen molar-refractivity contribution in [1.82, 2.24) is 20.2 Å². The van der Waals surface area contributed by atoms with Crippen LogP contribution in [0.2, 0.25) is 5.02 Å². The molecule has 14 heteroatoms. The minimum absolute atomic E-state index is 0.0689. The van der Waals surface area contributed by atoms with Gasteiger partial charge in [0.25, 0.3) is 5.89 Å². The monoisotopic (exact) mass is 484 g/mol. The highest BCUT2D eigenvalue weighted by Crippen LogP contribution is 2.34. The Balaban J connectivity index is 1.73. The van der Waals surface area contributed by atoms with E-state index >= 15 is 0 Å². The first kappa shape index (κ1) is 22.5. The van der Waals surface area contributed by atoms with Gasteiger partial charge in [0.2, 0.25) is 16.0 Å². The second kappa shape index (κ2) is 9.78. The number of rotatable bonds is 9. The number of anilines is 1. The van der Waals surface area contributed by atoms with Crippen molar-refractivity contribution in [3.8, 4) is 29.3 Å². The zero-order valence-electron chi connectivity index (χ0n) is 15.9. The Morgan fingerprint density at radius 2 is 2.10 bits per heavy atom. The van der Waals surface area contributed by atoms with E-state index in [1.807, 2.05) is 6.07 Å². The maximum atomic E-state index is 11.3. The van der Waals surface area contributed by atoms with E-state index in [0.717, 1.165) is 6.26 Å². The van der Waals surface area contributed by atoms with Gasteiger partial charge >= 0.3 is 6.08 Å². The smallest absolute Gasteiger partial charge is 0.415 e. The predicted octanol–water partition coefficient (Wildman–Crippen LogP) is 2.62. The lowest BCUT2D eigenvalue weighted by Crippen LogP contribution is -2.13. The molecule has 0 aliphatic heterocycles. The van der Waals surface area contributed by atoms with Gasteiger partial charge in [-0.15, -0.1) is 16.7 Å². The molecule has 2 heterocycles. The van der Waals surface area contributed by atoms with Crippen molar-refractivity contribution in [2.45, 2.75) is 6.61 Å². The predicted molar refractivity (Wildman–Crippen MR) is 111 cm³/mol. The number of hydrogen-bond acceptors (Lipinski definition) is 10. The summed E-state index contributed by atoms with van der Waals surface area (Å²) >= 11 is 11.8. The summed E-state index contributed by atoms with van der Waals surface area (Å²) in [6, 6.07) is 6.52. The fraction of sp³-hybridized carbons (Fsp3) is 0.235. The highest BCUT2D eigenvalue weighted by molar-refractivity contribution is 7.91. The van der Waals surface area contributed by atoms with Crippen LogP contribution >= 0.6 is 23.2 Å². The number of nitrogens with zero attached hydrogens (tertiary/aromatic N) is 5. The highest BCUT2D eigenvalue weighted by Gasteiger charge is 2.17. The number of ether oxygens (including phenoxy) is 2. The van der Waals surface area contributed by atoms with E-state index in [9.17, 15) is 13.7 Å². The van der Waals surface area contributed by atoms with Crippen molar-refractivity contribution in [2.24, 2.45) is 0 Å². The summed E-state index contributed by atoms with van der Waals surface area (Å²) in [5.41, 5.74) is 0.945. The standard InChI is InChI=1S/C17H14Cl2N6O5S/c1-31(26,27)25-16-21-4-2-12(22-16)9-29-17-24-23-15(30-17)10-6-11(8-20)14(13(19)7-10)28-5-3-18/h2,4,6-7H,3,5,9H2,1H3,(H,21,22,25). The van der Waals surface area contributed by atoms with E-state index in [1.54, 1.807) is 0 Å². The highest BCUT2D eigenvalue weighted by atomic mass is 35.5. The van der Waals surface area contributed by atoms with Crippen LogP contribution in [0.1, 0.15) is 11.3 Å². The molecule has 0 spiro atoms. The van der Waals surface area contributed by atoms with Gasteiger partial charge in [0.15, 0.2) is 5.75 Å². The van der Waals surface area contributed by atoms with Gasteiger partial charge in [-0.1, -0.05) is 16.7 Å². The molecule has 0 saturated heterocycles.